The van der Waals surface area contributed by atoms with Crippen LogP contribution in [0, 0.1) is 12.8 Å². The number of piperidine rings is 1. The molecule has 2 aromatic rings. The van der Waals surface area contributed by atoms with Gasteiger partial charge in [-0.2, -0.15) is 0 Å². The first-order valence-corrected chi connectivity index (χ1v) is 8.07. The van der Waals surface area contributed by atoms with Crippen LogP contribution in [-0.4, -0.2) is 29.0 Å². The average molecular weight is 310 g/mol. The molecule has 1 saturated heterocycles. The Labute approximate surface area is 136 Å². The third-order valence-corrected chi connectivity index (χ3v) is 4.36. The van der Waals surface area contributed by atoms with E-state index in [1.54, 1.807) is 12.4 Å². The minimum absolute atomic E-state index is 0.182. The highest BCUT2D eigenvalue weighted by molar-refractivity contribution is 6.04. The standard InChI is InChI=1S/C18H22N4O/c1-13-7-9-22(10-8-13)18-19-11-15(12-20-18)17(23)21-16-6-4-3-5-14(16)2/h3-6,11-13H,7-10H2,1-2H3,(H,21,23). The molecule has 0 unspecified atom stereocenters. The summed E-state index contributed by atoms with van der Waals surface area (Å²) < 4.78 is 0. The van der Waals surface area contributed by atoms with Gasteiger partial charge in [0.2, 0.25) is 5.95 Å². The minimum Gasteiger partial charge on any atom is -0.341 e. The van der Waals surface area contributed by atoms with Gasteiger partial charge in [0.25, 0.3) is 5.91 Å². The molecule has 120 valence electrons. The number of anilines is 2. The highest BCUT2D eigenvalue weighted by Gasteiger charge is 2.18. The van der Waals surface area contributed by atoms with Crippen molar-refractivity contribution in [1.29, 1.82) is 0 Å². The first kappa shape index (κ1) is 15.5. The molecule has 3 rings (SSSR count). The molecule has 1 fully saturated rings. The molecule has 0 saturated carbocycles. The Hall–Kier alpha value is -2.43. The van der Waals surface area contributed by atoms with Crippen LogP contribution in [0.4, 0.5) is 11.6 Å². The van der Waals surface area contributed by atoms with Crippen LogP contribution in [0.5, 0.6) is 0 Å². The molecule has 23 heavy (non-hydrogen) atoms. The summed E-state index contributed by atoms with van der Waals surface area (Å²) in [6.45, 7) is 6.20. The summed E-state index contributed by atoms with van der Waals surface area (Å²) in [6.07, 6.45) is 5.54. The SMILES string of the molecule is Cc1ccccc1NC(=O)c1cnc(N2CCC(C)CC2)nc1. The van der Waals surface area contributed by atoms with Gasteiger partial charge in [0.05, 0.1) is 5.56 Å². The lowest BCUT2D eigenvalue weighted by Crippen LogP contribution is -2.34. The van der Waals surface area contributed by atoms with E-state index in [9.17, 15) is 4.79 Å². The second kappa shape index (κ2) is 6.77. The molecule has 5 nitrogen and oxygen atoms in total. The quantitative estimate of drug-likeness (QED) is 0.945. The fourth-order valence-corrected chi connectivity index (χ4v) is 2.72. The number of aromatic nitrogens is 2. The number of hydrogen-bond acceptors (Lipinski definition) is 4. The molecule has 0 radical (unpaired) electrons. The normalized spacial score (nSPS) is 15.5. The number of benzene rings is 1. The summed E-state index contributed by atoms with van der Waals surface area (Å²) in [7, 11) is 0. The van der Waals surface area contributed by atoms with Gasteiger partial charge in [-0.25, -0.2) is 9.97 Å². The molecule has 1 aromatic heterocycles. The number of para-hydroxylation sites is 1. The number of rotatable bonds is 3. The van der Waals surface area contributed by atoms with Crippen LogP contribution in [-0.2, 0) is 0 Å². The lowest BCUT2D eigenvalue weighted by atomic mass is 10.00. The van der Waals surface area contributed by atoms with Crippen LogP contribution in [0.25, 0.3) is 0 Å². The highest BCUT2D eigenvalue weighted by Crippen LogP contribution is 2.20. The number of carbonyl (C=O) groups excluding carboxylic acids is 1. The number of amides is 1. The van der Waals surface area contributed by atoms with E-state index in [1.807, 2.05) is 31.2 Å². The molecular formula is C18H22N4O. The van der Waals surface area contributed by atoms with E-state index in [0.717, 1.165) is 30.3 Å². The van der Waals surface area contributed by atoms with Crippen LogP contribution in [0.2, 0.25) is 0 Å². The molecule has 2 heterocycles. The van der Waals surface area contributed by atoms with Crippen LogP contribution in [0.3, 0.4) is 0 Å². The van der Waals surface area contributed by atoms with Crippen molar-refractivity contribution >= 4 is 17.5 Å². The fourth-order valence-electron chi connectivity index (χ4n) is 2.72. The van der Waals surface area contributed by atoms with Crippen LogP contribution in [0.15, 0.2) is 36.7 Å². The lowest BCUT2D eigenvalue weighted by molar-refractivity contribution is 0.102. The fraction of sp³-hybridized carbons (Fsp3) is 0.389. The van der Waals surface area contributed by atoms with Crippen LogP contribution >= 0.6 is 0 Å². The number of nitrogens with one attached hydrogen (secondary N) is 1. The molecular weight excluding hydrogens is 288 g/mol. The molecule has 0 spiro atoms. The summed E-state index contributed by atoms with van der Waals surface area (Å²) in [5.74, 6) is 1.30. The molecule has 1 aliphatic rings. The van der Waals surface area contributed by atoms with Gasteiger partial charge in [-0.15, -0.1) is 0 Å². The zero-order valence-electron chi connectivity index (χ0n) is 13.6. The first-order chi connectivity index (χ1) is 11.1. The Balaban J connectivity index is 1.67. The van der Waals surface area contributed by atoms with Crippen molar-refractivity contribution in [2.45, 2.75) is 26.7 Å². The maximum absolute atomic E-state index is 12.3. The Bertz CT molecular complexity index is 676. The molecule has 1 aromatic carbocycles. The van der Waals surface area contributed by atoms with Gasteiger partial charge in [0.15, 0.2) is 0 Å². The highest BCUT2D eigenvalue weighted by atomic mass is 16.1. The maximum atomic E-state index is 12.3. The smallest absolute Gasteiger partial charge is 0.258 e. The van der Waals surface area contributed by atoms with Crippen molar-refractivity contribution in [3.8, 4) is 0 Å². The average Bonchev–Trinajstić information content (AvgIpc) is 2.58. The summed E-state index contributed by atoms with van der Waals surface area (Å²) in [5, 5.41) is 2.90. The Morgan fingerprint density at radius 3 is 2.48 bits per heavy atom. The molecule has 0 atom stereocenters. The number of aryl methyl sites for hydroxylation is 1. The third kappa shape index (κ3) is 3.67. The van der Waals surface area contributed by atoms with E-state index < -0.39 is 0 Å². The molecule has 5 heteroatoms. The van der Waals surface area contributed by atoms with Gasteiger partial charge < -0.3 is 10.2 Å². The number of hydrogen-bond donors (Lipinski definition) is 1. The van der Waals surface area contributed by atoms with Gasteiger partial charge in [-0.05, 0) is 37.3 Å². The lowest BCUT2D eigenvalue weighted by Gasteiger charge is -2.30. The van der Waals surface area contributed by atoms with Gasteiger partial charge in [0, 0.05) is 31.2 Å². The van der Waals surface area contributed by atoms with Gasteiger partial charge in [-0.1, -0.05) is 25.1 Å². The zero-order valence-corrected chi connectivity index (χ0v) is 13.6. The van der Waals surface area contributed by atoms with Gasteiger partial charge >= 0.3 is 0 Å². The Kier molecular flexibility index (Phi) is 4.55. The van der Waals surface area contributed by atoms with Crippen molar-refractivity contribution in [1.82, 2.24) is 9.97 Å². The third-order valence-electron chi connectivity index (χ3n) is 4.36. The van der Waals surface area contributed by atoms with Crippen molar-refractivity contribution in [3.63, 3.8) is 0 Å². The van der Waals surface area contributed by atoms with Crippen molar-refractivity contribution in [2.75, 3.05) is 23.3 Å². The van der Waals surface area contributed by atoms with E-state index in [4.69, 9.17) is 0 Å². The minimum atomic E-state index is -0.182. The Morgan fingerprint density at radius 1 is 1.17 bits per heavy atom. The first-order valence-electron chi connectivity index (χ1n) is 8.07. The predicted molar refractivity (Wildman–Crippen MR) is 91.8 cm³/mol. The predicted octanol–water partition coefficient (Wildman–Crippen LogP) is 3.27. The van der Waals surface area contributed by atoms with Gasteiger partial charge in [0.1, 0.15) is 0 Å². The van der Waals surface area contributed by atoms with E-state index in [-0.39, 0.29) is 5.91 Å². The van der Waals surface area contributed by atoms with E-state index >= 15 is 0 Å². The van der Waals surface area contributed by atoms with Crippen molar-refractivity contribution < 1.29 is 4.79 Å². The second-order valence-corrected chi connectivity index (χ2v) is 6.21. The molecule has 0 bridgehead atoms. The van der Waals surface area contributed by atoms with Gasteiger partial charge in [-0.3, -0.25) is 4.79 Å². The Morgan fingerprint density at radius 2 is 1.83 bits per heavy atom. The van der Waals surface area contributed by atoms with Crippen LogP contribution < -0.4 is 10.2 Å². The largest absolute Gasteiger partial charge is 0.341 e. The topological polar surface area (TPSA) is 58.1 Å². The second-order valence-electron chi connectivity index (χ2n) is 6.21. The summed E-state index contributed by atoms with van der Waals surface area (Å²) in [6, 6.07) is 7.70. The van der Waals surface area contributed by atoms with Crippen molar-refractivity contribution in [2.24, 2.45) is 5.92 Å². The molecule has 1 N–H and O–H groups in total. The molecule has 1 aliphatic heterocycles. The van der Waals surface area contributed by atoms with E-state index in [1.165, 1.54) is 12.8 Å². The van der Waals surface area contributed by atoms with E-state index in [0.29, 0.717) is 11.5 Å². The monoisotopic (exact) mass is 310 g/mol. The van der Waals surface area contributed by atoms with Crippen molar-refractivity contribution in [3.05, 3.63) is 47.8 Å². The summed E-state index contributed by atoms with van der Waals surface area (Å²) in [4.78, 5) is 23.2. The molecule has 1 amide bonds. The van der Waals surface area contributed by atoms with E-state index in [2.05, 4.69) is 27.1 Å². The molecule has 0 aliphatic carbocycles. The zero-order chi connectivity index (χ0) is 16.2. The number of carbonyl (C=O) groups is 1. The van der Waals surface area contributed by atoms with Crippen LogP contribution in [0.1, 0.15) is 35.7 Å². The maximum Gasteiger partial charge on any atom is 0.258 e. The number of nitrogens with zero attached hydrogens (tertiary/aromatic N) is 3. The summed E-state index contributed by atoms with van der Waals surface area (Å²) >= 11 is 0. The summed E-state index contributed by atoms with van der Waals surface area (Å²) in [5.41, 5.74) is 2.31.